The molecular formula is C22H30N4O3. The van der Waals surface area contributed by atoms with Crippen LogP contribution in [0.5, 0.6) is 5.88 Å². The highest BCUT2D eigenvalue weighted by atomic mass is 16.5. The average Bonchev–Trinajstić information content (AvgIpc) is 3.40. The number of β-amino-alcohol motifs (C(OH)–C–C–N with tert-alkyl or cyclic N) is 1. The van der Waals surface area contributed by atoms with E-state index in [0.717, 1.165) is 56.3 Å². The monoisotopic (exact) mass is 398 g/mol. The van der Waals surface area contributed by atoms with Crippen molar-refractivity contribution in [2.75, 3.05) is 50.8 Å². The van der Waals surface area contributed by atoms with Crippen LogP contribution < -0.4 is 9.64 Å². The number of benzene rings is 1. The number of anilines is 1. The Labute approximate surface area is 171 Å². The standard InChI is InChI=1S/C22H30N4O3/c27-22(7-12-28-15-22)14-25-8-10-26(11-9-25)17-5-6-20-19(13-17)21(24-16-23-20)29-18-3-1-2-4-18/h5-6,13,16,18,27H,1-4,7-12,14-15H2. The molecule has 1 aromatic heterocycles. The van der Waals surface area contributed by atoms with Crippen molar-refractivity contribution in [1.82, 2.24) is 14.9 Å². The van der Waals surface area contributed by atoms with Crippen LogP contribution in [0.1, 0.15) is 32.1 Å². The SMILES string of the molecule is OC1(CN2CCN(c3ccc4ncnc(OC5CCCC5)c4c3)CC2)CCOC1. The average molecular weight is 399 g/mol. The van der Waals surface area contributed by atoms with E-state index in [9.17, 15) is 5.11 Å². The Morgan fingerprint density at radius 1 is 1.14 bits per heavy atom. The van der Waals surface area contributed by atoms with E-state index in [1.165, 1.54) is 18.5 Å². The van der Waals surface area contributed by atoms with E-state index in [1.54, 1.807) is 6.33 Å². The molecule has 2 saturated heterocycles. The lowest BCUT2D eigenvalue weighted by atomic mass is 10.0. The number of piperazine rings is 1. The molecule has 7 heteroatoms. The Kier molecular flexibility index (Phi) is 5.28. The van der Waals surface area contributed by atoms with Crippen LogP contribution in [0.25, 0.3) is 10.9 Å². The summed E-state index contributed by atoms with van der Waals surface area (Å²) >= 11 is 0. The maximum atomic E-state index is 10.6. The molecule has 3 fully saturated rings. The second-order valence-corrected chi connectivity index (χ2v) is 8.69. The lowest BCUT2D eigenvalue weighted by Crippen LogP contribution is -2.52. The van der Waals surface area contributed by atoms with E-state index in [0.29, 0.717) is 25.6 Å². The Hall–Kier alpha value is -1.96. The summed E-state index contributed by atoms with van der Waals surface area (Å²) in [6.45, 7) is 5.59. The smallest absolute Gasteiger partial charge is 0.224 e. The predicted octanol–water partition coefficient (Wildman–Crippen LogP) is 2.22. The molecule has 0 spiro atoms. The van der Waals surface area contributed by atoms with Crippen molar-refractivity contribution < 1.29 is 14.6 Å². The van der Waals surface area contributed by atoms with Crippen molar-refractivity contribution >= 4 is 16.6 Å². The fraction of sp³-hybridized carbons (Fsp3) is 0.636. The Morgan fingerprint density at radius 3 is 2.72 bits per heavy atom. The topological polar surface area (TPSA) is 71.0 Å². The van der Waals surface area contributed by atoms with Gasteiger partial charge in [-0.15, -0.1) is 0 Å². The molecule has 7 nitrogen and oxygen atoms in total. The molecule has 1 unspecified atom stereocenters. The zero-order valence-electron chi connectivity index (χ0n) is 16.9. The van der Waals surface area contributed by atoms with Crippen molar-refractivity contribution in [2.24, 2.45) is 0 Å². The number of hydrogen-bond acceptors (Lipinski definition) is 7. The molecule has 29 heavy (non-hydrogen) atoms. The normalized spacial score (nSPS) is 26.4. The van der Waals surface area contributed by atoms with Gasteiger partial charge in [0.25, 0.3) is 0 Å². The van der Waals surface area contributed by atoms with Crippen LogP contribution in [0.2, 0.25) is 0 Å². The molecule has 2 aromatic rings. The van der Waals surface area contributed by atoms with Crippen LogP contribution in [-0.4, -0.2) is 77.6 Å². The first-order valence-electron chi connectivity index (χ1n) is 10.9. The second kappa shape index (κ2) is 8.05. The number of rotatable bonds is 5. The summed E-state index contributed by atoms with van der Waals surface area (Å²) in [6, 6.07) is 6.38. The van der Waals surface area contributed by atoms with E-state index in [-0.39, 0.29) is 6.10 Å². The van der Waals surface area contributed by atoms with Gasteiger partial charge in [-0.25, -0.2) is 9.97 Å². The lowest BCUT2D eigenvalue weighted by molar-refractivity contribution is -0.00557. The molecule has 0 radical (unpaired) electrons. The van der Waals surface area contributed by atoms with Gasteiger partial charge in [0.05, 0.1) is 17.5 Å². The van der Waals surface area contributed by atoms with Gasteiger partial charge < -0.3 is 19.5 Å². The zero-order valence-corrected chi connectivity index (χ0v) is 16.9. The molecule has 1 aliphatic carbocycles. The maximum Gasteiger partial charge on any atom is 0.224 e. The predicted molar refractivity (Wildman–Crippen MR) is 111 cm³/mol. The highest BCUT2D eigenvalue weighted by Gasteiger charge is 2.35. The largest absolute Gasteiger partial charge is 0.474 e. The van der Waals surface area contributed by atoms with Gasteiger partial charge in [-0.3, -0.25) is 4.90 Å². The van der Waals surface area contributed by atoms with Crippen LogP contribution >= 0.6 is 0 Å². The van der Waals surface area contributed by atoms with Gasteiger partial charge in [0.15, 0.2) is 0 Å². The number of aromatic nitrogens is 2. The lowest BCUT2D eigenvalue weighted by Gasteiger charge is -2.38. The van der Waals surface area contributed by atoms with Crippen molar-refractivity contribution in [3.05, 3.63) is 24.5 Å². The molecule has 1 saturated carbocycles. The quantitative estimate of drug-likeness (QED) is 0.828. The van der Waals surface area contributed by atoms with Crippen LogP contribution in [-0.2, 0) is 4.74 Å². The zero-order chi connectivity index (χ0) is 19.7. The molecule has 0 amide bonds. The fourth-order valence-corrected chi connectivity index (χ4v) is 4.78. The van der Waals surface area contributed by atoms with Crippen molar-refractivity contribution in [3.8, 4) is 5.88 Å². The molecular weight excluding hydrogens is 368 g/mol. The van der Waals surface area contributed by atoms with Gasteiger partial charge in [-0.05, 0) is 43.9 Å². The second-order valence-electron chi connectivity index (χ2n) is 8.69. The van der Waals surface area contributed by atoms with Crippen molar-refractivity contribution in [1.29, 1.82) is 0 Å². The van der Waals surface area contributed by atoms with Crippen molar-refractivity contribution in [3.63, 3.8) is 0 Å². The minimum absolute atomic E-state index is 0.283. The Bertz CT molecular complexity index is 841. The minimum atomic E-state index is -0.672. The van der Waals surface area contributed by atoms with Gasteiger partial charge in [0.2, 0.25) is 5.88 Å². The van der Waals surface area contributed by atoms with Gasteiger partial charge in [-0.2, -0.15) is 0 Å². The third-order valence-corrected chi connectivity index (χ3v) is 6.50. The summed E-state index contributed by atoms with van der Waals surface area (Å²) in [5, 5.41) is 11.6. The van der Waals surface area contributed by atoms with E-state index in [1.807, 2.05) is 0 Å². The van der Waals surface area contributed by atoms with Gasteiger partial charge >= 0.3 is 0 Å². The minimum Gasteiger partial charge on any atom is -0.474 e. The molecule has 1 N–H and O–H groups in total. The van der Waals surface area contributed by atoms with E-state index < -0.39 is 5.60 Å². The van der Waals surface area contributed by atoms with Crippen LogP contribution in [0.15, 0.2) is 24.5 Å². The highest BCUT2D eigenvalue weighted by molar-refractivity contribution is 5.86. The van der Waals surface area contributed by atoms with E-state index in [2.05, 4.69) is 38.0 Å². The summed E-state index contributed by atoms with van der Waals surface area (Å²) in [5.74, 6) is 0.714. The first-order valence-corrected chi connectivity index (χ1v) is 10.9. The van der Waals surface area contributed by atoms with Gasteiger partial charge in [0.1, 0.15) is 18.0 Å². The summed E-state index contributed by atoms with van der Waals surface area (Å²) in [4.78, 5) is 13.6. The molecule has 1 atom stereocenters. The Balaban J connectivity index is 1.28. The van der Waals surface area contributed by atoms with Crippen molar-refractivity contribution in [2.45, 2.75) is 43.8 Å². The van der Waals surface area contributed by atoms with Gasteiger partial charge in [0, 0.05) is 51.4 Å². The number of hydrogen-bond donors (Lipinski definition) is 1. The summed E-state index contributed by atoms with van der Waals surface area (Å²) in [5.41, 5.74) is 1.44. The molecule has 1 aromatic carbocycles. The Morgan fingerprint density at radius 2 is 1.97 bits per heavy atom. The number of ether oxygens (including phenoxy) is 2. The summed E-state index contributed by atoms with van der Waals surface area (Å²) in [6.07, 6.45) is 7.33. The van der Waals surface area contributed by atoms with Crippen LogP contribution in [0, 0.1) is 0 Å². The van der Waals surface area contributed by atoms with Gasteiger partial charge in [-0.1, -0.05) is 0 Å². The molecule has 3 aliphatic rings. The summed E-state index contributed by atoms with van der Waals surface area (Å²) in [7, 11) is 0. The third kappa shape index (κ3) is 4.17. The molecule has 156 valence electrons. The first kappa shape index (κ1) is 19.0. The highest BCUT2D eigenvalue weighted by Crippen LogP contribution is 2.31. The number of aliphatic hydroxyl groups is 1. The molecule has 0 bridgehead atoms. The first-order chi connectivity index (χ1) is 14.2. The number of nitrogens with zero attached hydrogens (tertiary/aromatic N) is 4. The number of fused-ring (bicyclic) bond motifs is 1. The molecule has 5 rings (SSSR count). The van der Waals surface area contributed by atoms with E-state index in [4.69, 9.17) is 9.47 Å². The molecule has 3 heterocycles. The fourth-order valence-electron chi connectivity index (χ4n) is 4.78. The van der Waals surface area contributed by atoms with E-state index >= 15 is 0 Å². The van der Waals surface area contributed by atoms with Crippen LogP contribution in [0.3, 0.4) is 0 Å². The third-order valence-electron chi connectivity index (χ3n) is 6.50. The summed E-state index contributed by atoms with van der Waals surface area (Å²) < 4.78 is 11.6. The van der Waals surface area contributed by atoms with Crippen LogP contribution in [0.4, 0.5) is 5.69 Å². The maximum absolute atomic E-state index is 10.6. The molecule has 2 aliphatic heterocycles.